The van der Waals surface area contributed by atoms with Gasteiger partial charge in [-0.05, 0) is 55.2 Å². The van der Waals surface area contributed by atoms with Crippen molar-refractivity contribution in [3.63, 3.8) is 0 Å². The molecule has 0 amide bonds. The number of hydrogen-bond donors (Lipinski definition) is 1. The molecule has 0 aliphatic carbocycles. The summed E-state index contributed by atoms with van der Waals surface area (Å²) in [6.07, 6.45) is 0. The number of hydrogen-bond acceptors (Lipinski definition) is 3. The van der Waals surface area contributed by atoms with Crippen molar-refractivity contribution in [2.24, 2.45) is 0 Å². The average molecular weight is 396 g/mol. The van der Waals surface area contributed by atoms with Gasteiger partial charge in [0.25, 0.3) is 0 Å². The lowest BCUT2D eigenvalue weighted by Gasteiger charge is -2.22. The van der Waals surface area contributed by atoms with Crippen LogP contribution in [-0.4, -0.2) is 15.5 Å². The molecule has 146 valence electrons. The van der Waals surface area contributed by atoms with Crippen LogP contribution in [0.4, 0.5) is 0 Å². The van der Waals surface area contributed by atoms with Crippen molar-refractivity contribution < 1.29 is 13.2 Å². The Morgan fingerprint density at radius 3 is 2.14 bits per heavy atom. The molecule has 0 aliphatic heterocycles. The minimum absolute atomic E-state index is 0.263. The van der Waals surface area contributed by atoms with Crippen molar-refractivity contribution in [1.29, 1.82) is 0 Å². The Hall–Kier alpha value is -2.63. The summed E-state index contributed by atoms with van der Waals surface area (Å²) in [5.74, 6) is 0.676. The van der Waals surface area contributed by atoms with E-state index in [0.717, 1.165) is 22.3 Å². The van der Waals surface area contributed by atoms with Gasteiger partial charge >= 0.3 is 0 Å². The van der Waals surface area contributed by atoms with E-state index in [1.54, 1.807) is 26.2 Å². The molecular formula is C23H25NO3S. The van der Waals surface area contributed by atoms with Crippen LogP contribution in [0.1, 0.15) is 33.9 Å². The molecule has 1 atom stereocenters. The maximum Gasteiger partial charge on any atom is 0.241 e. The Labute approximate surface area is 167 Å². The van der Waals surface area contributed by atoms with Crippen molar-refractivity contribution in [3.05, 3.63) is 94.5 Å². The van der Waals surface area contributed by atoms with E-state index in [1.807, 2.05) is 68.4 Å². The maximum absolute atomic E-state index is 13.3. The van der Waals surface area contributed by atoms with E-state index in [1.165, 1.54) is 0 Å². The molecule has 0 radical (unpaired) electrons. The SMILES string of the molecule is COc1ccc(S(=O)(=O)NC(c2ccccc2)c2cccc(C)c2)c(C)c1C. The first-order valence-corrected chi connectivity index (χ1v) is 10.6. The highest BCUT2D eigenvalue weighted by Gasteiger charge is 2.25. The van der Waals surface area contributed by atoms with Crippen molar-refractivity contribution in [3.8, 4) is 5.75 Å². The molecule has 5 heteroatoms. The summed E-state index contributed by atoms with van der Waals surface area (Å²) in [5.41, 5.74) is 4.37. The highest BCUT2D eigenvalue weighted by Crippen LogP contribution is 2.30. The molecule has 0 heterocycles. The fraction of sp³-hybridized carbons (Fsp3) is 0.217. The van der Waals surface area contributed by atoms with Crippen LogP contribution >= 0.6 is 0 Å². The van der Waals surface area contributed by atoms with Gasteiger partial charge in [-0.1, -0.05) is 60.2 Å². The summed E-state index contributed by atoms with van der Waals surface area (Å²) < 4.78 is 34.8. The molecule has 0 aliphatic rings. The Bertz CT molecular complexity index is 1080. The molecule has 3 rings (SSSR count). The molecule has 0 spiro atoms. The number of benzene rings is 3. The van der Waals surface area contributed by atoms with E-state index < -0.39 is 16.1 Å². The van der Waals surface area contributed by atoms with Crippen LogP contribution in [0.5, 0.6) is 5.75 Å². The number of aryl methyl sites for hydroxylation is 1. The molecule has 0 saturated heterocycles. The van der Waals surface area contributed by atoms with Gasteiger partial charge in [0.15, 0.2) is 0 Å². The molecule has 0 fully saturated rings. The van der Waals surface area contributed by atoms with E-state index in [-0.39, 0.29) is 4.90 Å². The molecule has 28 heavy (non-hydrogen) atoms. The third-order valence-electron chi connectivity index (χ3n) is 4.98. The molecule has 3 aromatic carbocycles. The van der Waals surface area contributed by atoms with Crippen molar-refractivity contribution >= 4 is 10.0 Å². The number of methoxy groups -OCH3 is 1. The zero-order valence-electron chi connectivity index (χ0n) is 16.6. The molecular weight excluding hydrogens is 370 g/mol. The second-order valence-electron chi connectivity index (χ2n) is 6.90. The summed E-state index contributed by atoms with van der Waals surface area (Å²) in [4.78, 5) is 0.263. The van der Waals surface area contributed by atoms with E-state index in [4.69, 9.17) is 4.74 Å². The quantitative estimate of drug-likeness (QED) is 0.659. The third-order valence-corrected chi connectivity index (χ3v) is 6.55. The first-order chi connectivity index (χ1) is 13.3. The van der Waals surface area contributed by atoms with Gasteiger partial charge in [0.05, 0.1) is 18.0 Å². The van der Waals surface area contributed by atoms with Gasteiger partial charge in [0, 0.05) is 0 Å². The Kier molecular flexibility index (Phi) is 5.87. The fourth-order valence-corrected chi connectivity index (χ4v) is 4.84. The first-order valence-electron chi connectivity index (χ1n) is 9.11. The Morgan fingerprint density at radius 1 is 0.821 bits per heavy atom. The van der Waals surface area contributed by atoms with Gasteiger partial charge in [-0.15, -0.1) is 0 Å². The number of nitrogens with one attached hydrogen (secondary N) is 1. The lowest BCUT2D eigenvalue weighted by molar-refractivity contribution is 0.410. The van der Waals surface area contributed by atoms with E-state index in [0.29, 0.717) is 11.3 Å². The van der Waals surface area contributed by atoms with Crippen LogP contribution in [0, 0.1) is 20.8 Å². The largest absolute Gasteiger partial charge is 0.496 e. The molecule has 0 bridgehead atoms. The Balaban J connectivity index is 2.07. The molecule has 1 N–H and O–H groups in total. The van der Waals surface area contributed by atoms with Crippen LogP contribution < -0.4 is 9.46 Å². The van der Waals surface area contributed by atoms with Crippen molar-refractivity contribution in [1.82, 2.24) is 4.72 Å². The fourth-order valence-electron chi connectivity index (χ4n) is 3.33. The van der Waals surface area contributed by atoms with Gasteiger partial charge < -0.3 is 4.74 Å². The average Bonchev–Trinajstić information content (AvgIpc) is 2.68. The molecule has 0 saturated carbocycles. The smallest absolute Gasteiger partial charge is 0.241 e. The van der Waals surface area contributed by atoms with Crippen LogP contribution in [0.2, 0.25) is 0 Å². The van der Waals surface area contributed by atoms with Gasteiger partial charge in [-0.2, -0.15) is 4.72 Å². The monoisotopic (exact) mass is 395 g/mol. The highest BCUT2D eigenvalue weighted by molar-refractivity contribution is 7.89. The van der Waals surface area contributed by atoms with Crippen LogP contribution in [0.3, 0.4) is 0 Å². The van der Waals surface area contributed by atoms with Gasteiger partial charge in [-0.25, -0.2) is 8.42 Å². The van der Waals surface area contributed by atoms with Crippen molar-refractivity contribution in [2.45, 2.75) is 31.7 Å². The summed E-state index contributed by atoms with van der Waals surface area (Å²) in [6.45, 7) is 5.66. The standard InChI is InChI=1S/C23H25NO3S/c1-16-9-8-12-20(15-16)23(19-10-6-5-7-11-19)24-28(25,26)22-14-13-21(27-4)17(2)18(22)3/h5-15,23-24H,1-4H3. The lowest BCUT2D eigenvalue weighted by Crippen LogP contribution is -2.30. The number of rotatable bonds is 6. The minimum Gasteiger partial charge on any atom is -0.496 e. The first kappa shape index (κ1) is 20.1. The van der Waals surface area contributed by atoms with Gasteiger partial charge in [-0.3, -0.25) is 0 Å². The van der Waals surface area contributed by atoms with Gasteiger partial charge in [0.1, 0.15) is 5.75 Å². The lowest BCUT2D eigenvalue weighted by atomic mass is 9.98. The third kappa shape index (κ3) is 4.11. The van der Waals surface area contributed by atoms with E-state index >= 15 is 0 Å². The summed E-state index contributed by atoms with van der Waals surface area (Å²) in [7, 11) is -2.17. The predicted molar refractivity (Wildman–Crippen MR) is 112 cm³/mol. The van der Waals surface area contributed by atoms with E-state index in [9.17, 15) is 8.42 Å². The van der Waals surface area contributed by atoms with Crippen LogP contribution in [0.25, 0.3) is 0 Å². The van der Waals surface area contributed by atoms with Crippen LogP contribution in [-0.2, 0) is 10.0 Å². The number of ether oxygens (including phenoxy) is 1. The molecule has 0 aromatic heterocycles. The normalized spacial score (nSPS) is 12.6. The van der Waals surface area contributed by atoms with Crippen LogP contribution in [0.15, 0.2) is 71.6 Å². The highest BCUT2D eigenvalue weighted by atomic mass is 32.2. The summed E-state index contributed by atoms with van der Waals surface area (Å²) in [6, 6.07) is 20.3. The molecule has 1 unspecified atom stereocenters. The number of sulfonamides is 1. The second kappa shape index (κ2) is 8.17. The summed E-state index contributed by atoms with van der Waals surface area (Å²) in [5, 5.41) is 0. The Morgan fingerprint density at radius 2 is 1.50 bits per heavy atom. The zero-order valence-corrected chi connectivity index (χ0v) is 17.4. The topological polar surface area (TPSA) is 55.4 Å². The second-order valence-corrected chi connectivity index (χ2v) is 8.58. The van der Waals surface area contributed by atoms with Crippen molar-refractivity contribution in [2.75, 3.05) is 7.11 Å². The maximum atomic E-state index is 13.3. The zero-order chi connectivity index (χ0) is 20.3. The predicted octanol–water partition coefficient (Wildman–Crippen LogP) is 4.69. The minimum atomic E-state index is -3.75. The van der Waals surface area contributed by atoms with Gasteiger partial charge in [0.2, 0.25) is 10.0 Å². The summed E-state index contributed by atoms with van der Waals surface area (Å²) >= 11 is 0. The molecule has 3 aromatic rings. The molecule has 4 nitrogen and oxygen atoms in total. The van der Waals surface area contributed by atoms with E-state index in [2.05, 4.69) is 4.72 Å².